The first kappa shape index (κ1) is 18.6. The average molecular weight is 364 g/mol. The van der Waals surface area contributed by atoms with Crippen molar-refractivity contribution in [2.24, 2.45) is 5.92 Å². The van der Waals surface area contributed by atoms with Crippen LogP contribution in [0.4, 0.5) is 5.69 Å². The van der Waals surface area contributed by atoms with Crippen molar-refractivity contribution in [2.45, 2.75) is 26.8 Å². The van der Waals surface area contributed by atoms with Gasteiger partial charge in [-0.25, -0.2) is 4.98 Å². The van der Waals surface area contributed by atoms with Gasteiger partial charge in [-0.2, -0.15) is 0 Å². The molecule has 1 amide bonds. The van der Waals surface area contributed by atoms with Gasteiger partial charge in [-0.05, 0) is 36.6 Å². The number of nitrogens with one attached hydrogen (secondary N) is 2. The van der Waals surface area contributed by atoms with Gasteiger partial charge in [0.25, 0.3) is 11.5 Å². The number of aromatic nitrogens is 2. The Balaban J connectivity index is 1.75. The Bertz CT molecular complexity index is 996. The van der Waals surface area contributed by atoms with Crippen molar-refractivity contribution < 1.29 is 4.79 Å². The van der Waals surface area contributed by atoms with Gasteiger partial charge in [0.05, 0.1) is 0 Å². The number of fused-ring (bicyclic) bond motifs is 1. The number of benzene rings is 1. The Hall–Kier alpha value is -3.15. The molecule has 0 fully saturated rings. The van der Waals surface area contributed by atoms with Crippen molar-refractivity contribution in [1.29, 1.82) is 0 Å². The summed E-state index contributed by atoms with van der Waals surface area (Å²) >= 11 is 0. The molecular formula is C21H24N4O2. The normalized spacial score (nSPS) is 12.1. The summed E-state index contributed by atoms with van der Waals surface area (Å²) in [4.78, 5) is 29.4. The van der Waals surface area contributed by atoms with E-state index in [-0.39, 0.29) is 17.2 Å². The molecule has 0 aliphatic carbocycles. The zero-order valence-electron chi connectivity index (χ0n) is 15.8. The van der Waals surface area contributed by atoms with Gasteiger partial charge in [-0.1, -0.05) is 38.1 Å². The summed E-state index contributed by atoms with van der Waals surface area (Å²) in [6, 6.07) is 13.5. The lowest BCUT2D eigenvalue weighted by Gasteiger charge is -2.24. The molecule has 0 saturated heterocycles. The second-order valence-electron chi connectivity index (χ2n) is 6.98. The van der Waals surface area contributed by atoms with E-state index in [1.165, 1.54) is 10.6 Å². The van der Waals surface area contributed by atoms with Crippen molar-refractivity contribution in [3.05, 3.63) is 76.3 Å². The molecule has 0 radical (unpaired) electrons. The lowest BCUT2D eigenvalue weighted by Crippen LogP contribution is -2.41. The molecule has 1 aromatic carbocycles. The average Bonchev–Trinajstić information content (AvgIpc) is 2.66. The Morgan fingerprint density at radius 1 is 1.15 bits per heavy atom. The number of nitrogens with zero attached hydrogens (tertiary/aromatic N) is 2. The predicted octanol–water partition coefficient (Wildman–Crippen LogP) is 2.87. The summed E-state index contributed by atoms with van der Waals surface area (Å²) in [5.74, 6) is -0.118. The van der Waals surface area contributed by atoms with Crippen LogP contribution in [0.3, 0.4) is 0 Å². The second-order valence-corrected chi connectivity index (χ2v) is 6.98. The third-order valence-corrected chi connectivity index (χ3v) is 4.51. The zero-order chi connectivity index (χ0) is 19.4. The zero-order valence-corrected chi connectivity index (χ0v) is 15.8. The Labute approximate surface area is 158 Å². The largest absolute Gasteiger partial charge is 0.380 e. The van der Waals surface area contributed by atoms with Crippen molar-refractivity contribution in [2.75, 3.05) is 11.9 Å². The van der Waals surface area contributed by atoms with Crippen LogP contribution in [-0.2, 0) is 0 Å². The van der Waals surface area contributed by atoms with E-state index in [4.69, 9.17) is 0 Å². The molecule has 0 bridgehead atoms. The van der Waals surface area contributed by atoms with Crippen LogP contribution in [0.2, 0.25) is 0 Å². The number of carbonyl (C=O) groups is 1. The minimum atomic E-state index is -0.413. The minimum Gasteiger partial charge on any atom is -0.380 e. The molecule has 1 unspecified atom stereocenters. The van der Waals surface area contributed by atoms with Gasteiger partial charge in [0.15, 0.2) is 0 Å². The van der Waals surface area contributed by atoms with Crippen LogP contribution in [-0.4, -0.2) is 27.9 Å². The molecule has 140 valence electrons. The molecule has 0 spiro atoms. The number of pyridine rings is 1. The van der Waals surface area contributed by atoms with Crippen LogP contribution < -0.4 is 16.2 Å². The van der Waals surface area contributed by atoms with Gasteiger partial charge < -0.3 is 10.6 Å². The monoisotopic (exact) mass is 364 g/mol. The molecular weight excluding hydrogens is 340 g/mol. The molecule has 6 heteroatoms. The first-order valence-electron chi connectivity index (χ1n) is 9.03. The van der Waals surface area contributed by atoms with Crippen molar-refractivity contribution >= 4 is 17.2 Å². The summed E-state index contributed by atoms with van der Waals surface area (Å²) in [6.45, 7) is 6.46. The van der Waals surface area contributed by atoms with E-state index in [2.05, 4.69) is 29.5 Å². The summed E-state index contributed by atoms with van der Waals surface area (Å²) in [6.07, 6.45) is 3.03. The highest BCUT2D eigenvalue weighted by Crippen LogP contribution is 2.12. The highest BCUT2D eigenvalue weighted by atomic mass is 16.2. The van der Waals surface area contributed by atoms with Crippen molar-refractivity contribution in [1.82, 2.24) is 14.7 Å². The maximum atomic E-state index is 12.6. The number of hydrogen-bond donors (Lipinski definition) is 2. The maximum Gasteiger partial charge on any atom is 0.270 e. The van der Waals surface area contributed by atoms with Gasteiger partial charge in [-0.3, -0.25) is 14.0 Å². The smallest absolute Gasteiger partial charge is 0.270 e. The predicted molar refractivity (Wildman–Crippen MR) is 107 cm³/mol. The highest BCUT2D eigenvalue weighted by Gasteiger charge is 2.17. The van der Waals surface area contributed by atoms with Gasteiger partial charge >= 0.3 is 0 Å². The number of hydrogen-bond acceptors (Lipinski definition) is 4. The first-order chi connectivity index (χ1) is 13.0. The molecule has 2 N–H and O–H groups in total. The molecule has 0 aliphatic rings. The summed E-state index contributed by atoms with van der Waals surface area (Å²) < 4.78 is 1.41. The van der Waals surface area contributed by atoms with Crippen molar-refractivity contribution in [3.63, 3.8) is 0 Å². The molecule has 3 aromatic rings. The van der Waals surface area contributed by atoms with Gasteiger partial charge in [0, 0.05) is 30.7 Å². The number of amides is 1. The van der Waals surface area contributed by atoms with Gasteiger partial charge in [0.2, 0.25) is 0 Å². The molecule has 6 nitrogen and oxygen atoms in total. The third-order valence-electron chi connectivity index (χ3n) is 4.51. The SMILES string of the molecule is Cc1ccc2ncc(C(=O)NCC(Nc3ccccc3)C(C)C)c(=O)n2c1. The van der Waals surface area contributed by atoms with Crippen LogP contribution in [0, 0.1) is 12.8 Å². The fraction of sp³-hybridized carbons (Fsp3) is 0.286. The third kappa shape index (κ3) is 4.34. The van der Waals surface area contributed by atoms with Crippen molar-refractivity contribution in [3.8, 4) is 0 Å². The standard InChI is InChI=1S/C21H24N4O2/c1-14(2)18(24-16-7-5-4-6-8-16)12-23-20(26)17-11-22-19-10-9-15(3)13-25(19)21(17)27/h4-11,13-14,18,24H,12H2,1-3H3,(H,23,26). The number of aryl methyl sites for hydroxylation is 1. The van der Waals surface area contributed by atoms with E-state index < -0.39 is 5.91 Å². The van der Waals surface area contributed by atoms with E-state index in [0.29, 0.717) is 18.1 Å². The van der Waals surface area contributed by atoms with Gasteiger partial charge in [0.1, 0.15) is 11.2 Å². The quantitative estimate of drug-likeness (QED) is 0.705. The Morgan fingerprint density at radius 3 is 2.59 bits per heavy atom. The number of para-hydroxylation sites is 1. The lowest BCUT2D eigenvalue weighted by atomic mass is 10.0. The highest BCUT2D eigenvalue weighted by molar-refractivity contribution is 5.93. The fourth-order valence-corrected chi connectivity index (χ4v) is 2.84. The first-order valence-corrected chi connectivity index (χ1v) is 9.03. The van der Waals surface area contributed by atoms with Crippen LogP contribution in [0.15, 0.2) is 59.7 Å². The molecule has 2 aromatic heterocycles. The Kier molecular flexibility index (Phi) is 5.54. The lowest BCUT2D eigenvalue weighted by molar-refractivity contribution is 0.0948. The van der Waals surface area contributed by atoms with E-state index in [9.17, 15) is 9.59 Å². The second kappa shape index (κ2) is 8.03. The molecule has 27 heavy (non-hydrogen) atoms. The van der Waals surface area contributed by atoms with Gasteiger partial charge in [-0.15, -0.1) is 0 Å². The molecule has 1 atom stereocenters. The fourth-order valence-electron chi connectivity index (χ4n) is 2.84. The van der Waals surface area contributed by atoms with Crippen LogP contribution in [0.1, 0.15) is 29.8 Å². The molecule has 2 heterocycles. The molecule has 0 saturated carbocycles. The van der Waals surface area contributed by atoms with Crippen LogP contribution >= 0.6 is 0 Å². The van der Waals surface area contributed by atoms with Crippen LogP contribution in [0.25, 0.3) is 5.65 Å². The number of rotatable bonds is 6. The minimum absolute atomic E-state index is 0.0368. The van der Waals surface area contributed by atoms with E-state index in [0.717, 1.165) is 11.3 Å². The van der Waals surface area contributed by atoms with Crippen LogP contribution in [0.5, 0.6) is 0 Å². The van der Waals surface area contributed by atoms with E-state index in [1.807, 2.05) is 43.3 Å². The number of anilines is 1. The number of carbonyl (C=O) groups excluding carboxylic acids is 1. The summed E-state index contributed by atoms with van der Waals surface area (Å²) in [5, 5.41) is 6.29. The van der Waals surface area contributed by atoms with E-state index >= 15 is 0 Å². The topological polar surface area (TPSA) is 75.5 Å². The van der Waals surface area contributed by atoms with E-state index in [1.54, 1.807) is 12.3 Å². The summed E-state index contributed by atoms with van der Waals surface area (Å²) in [5.41, 5.74) is 2.12. The maximum absolute atomic E-state index is 12.6. The summed E-state index contributed by atoms with van der Waals surface area (Å²) in [7, 11) is 0. The molecule has 3 rings (SSSR count). The Morgan fingerprint density at radius 2 is 1.89 bits per heavy atom. The molecule has 0 aliphatic heterocycles.